The first-order valence-corrected chi connectivity index (χ1v) is 9.65. The Morgan fingerprint density at radius 2 is 2.00 bits per heavy atom. The zero-order chi connectivity index (χ0) is 19.0. The van der Waals surface area contributed by atoms with E-state index in [4.69, 9.17) is 9.47 Å². The summed E-state index contributed by atoms with van der Waals surface area (Å²) in [5.74, 6) is 1.25. The molecule has 4 rings (SSSR count). The Bertz CT molecular complexity index is 822. The fraction of sp³-hybridized carbons (Fsp3) is 0.524. The number of halogens is 1. The number of likely N-dealkylation sites (tertiary alicyclic amines) is 1. The summed E-state index contributed by atoms with van der Waals surface area (Å²) in [5.41, 5.74) is 3.29. The second kappa shape index (κ2) is 7.43. The van der Waals surface area contributed by atoms with Crippen LogP contribution in [0.5, 0.6) is 11.6 Å². The predicted molar refractivity (Wildman–Crippen MR) is 101 cm³/mol. The van der Waals surface area contributed by atoms with Crippen molar-refractivity contribution in [3.8, 4) is 11.6 Å². The van der Waals surface area contributed by atoms with Gasteiger partial charge in [-0.1, -0.05) is 0 Å². The molecule has 4 heterocycles. The summed E-state index contributed by atoms with van der Waals surface area (Å²) in [6.07, 6.45) is 2.72. The molecule has 0 aromatic carbocycles. The minimum absolute atomic E-state index is 0.165. The molecule has 0 amide bonds. The van der Waals surface area contributed by atoms with Crippen molar-refractivity contribution in [2.24, 2.45) is 0 Å². The molecule has 0 spiro atoms. The molecule has 2 aliphatic heterocycles. The molecule has 0 saturated carbocycles. The Morgan fingerprint density at radius 1 is 1.22 bits per heavy atom. The minimum atomic E-state index is -0.229. The average molecular weight is 371 g/mol. The van der Waals surface area contributed by atoms with Crippen LogP contribution in [0, 0.1) is 19.7 Å². The van der Waals surface area contributed by atoms with Crippen molar-refractivity contribution in [1.29, 1.82) is 0 Å². The standard InChI is InChI=1S/C21H26FN3O2/c1-13-8-18(9-14(2)23-13)27-17-4-6-25(15(3)10-17)12-20-19(22)11-16-5-7-26-21(16)24-20/h8-9,11,15,17H,4-7,10,12H2,1-3H3/t15-,17-/m0/s1. The number of aromatic nitrogens is 2. The molecule has 0 aliphatic carbocycles. The molecule has 0 unspecified atom stereocenters. The number of ether oxygens (including phenoxy) is 2. The average Bonchev–Trinajstić information content (AvgIpc) is 3.03. The van der Waals surface area contributed by atoms with E-state index in [1.807, 2.05) is 26.0 Å². The summed E-state index contributed by atoms with van der Waals surface area (Å²) in [5, 5.41) is 0. The fourth-order valence-corrected chi connectivity index (χ4v) is 3.99. The molecule has 0 N–H and O–H groups in total. The SMILES string of the molecule is Cc1cc(O[C@H]2CCN(Cc3nc4c(cc3F)CCO4)[C@@H](C)C2)cc(C)n1. The van der Waals surface area contributed by atoms with Gasteiger partial charge in [0.15, 0.2) is 0 Å². The zero-order valence-electron chi connectivity index (χ0n) is 16.2. The maximum atomic E-state index is 14.4. The van der Waals surface area contributed by atoms with Gasteiger partial charge in [0.25, 0.3) is 0 Å². The summed E-state index contributed by atoms with van der Waals surface area (Å²) in [6, 6.07) is 5.84. The van der Waals surface area contributed by atoms with Crippen molar-refractivity contribution in [3.05, 3.63) is 46.7 Å². The zero-order valence-corrected chi connectivity index (χ0v) is 16.2. The Hall–Kier alpha value is -2.21. The lowest BCUT2D eigenvalue weighted by molar-refractivity contribution is 0.0569. The maximum Gasteiger partial charge on any atom is 0.217 e. The molecular weight excluding hydrogens is 345 g/mol. The summed E-state index contributed by atoms with van der Waals surface area (Å²) < 4.78 is 26.1. The highest BCUT2D eigenvalue weighted by Gasteiger charge is 2.28. The van der Waals surface area contributed by atoms with Gasteiger partial charge in [-0.15, -0.1) is 0 Å². The molecule has 27 heavy (non-hydrogen) atoms. The maximum absolute atomic E-state index is 14.4. The van der Waals surface area contributed by atoms with Crippen LogP contribution in [0.15, 0.2) is 18.2 Å². The van der Waals surface area contributed by atoms with Crippen LogP contribution in [-0.4, -0.2) is 40.2 Å². The van der Waals surface area contributed by atoms with Crippen LogP contribution in [0.25, 0.3) is 0 Å². The van der Waals surface area contributed by atoms with Crippen molar-refractivity contribution < 1.29 is 13.9 Å². The predicted octanol–water partition coefficient (Wildman–Crippen LogP) is 3.60. The molecule has 2 aliphatic rings. The van der Waals surface area contributed by atoms with Gasteiger partial charge in [0.05, 0.1) is 12.3 Å². The molecule has 1 fully saturated rings. The molecular formula is C21H26FN3O2. The molecule has 2 atom stereocenters. The van der Waals surface area contributed by atoms with E-state index in [0.717, 1.165) is 48.5 Å². The van der Waals surface area contributed by atoms with Crippen LogP contribution in [0.1, 0.15) is 42.4 Å². The molecule has 144 valence electrons. The first-order valence-electron chi connectivity index (χ1n) is 9.65. The van der Waals surface area contributed by atoms with Crippen LogP contribution in [0.4, 0.5) is 4.39 Å². The largest absolute Gasteiger partial charge is 0.490 e. The number of rotatable bonds is 4. The summed E-state index contributed by atoms with van der Waals surface area (Å²) in [4.78, 5) is 11.1. The quantitative estimate of drug-likeness (QED) is 0.822. The number of nitrogens with zero attached hydrogens (tertiary/aromatic N) is 3. The number of pyridine rings is 2. The normalized spacial score (nSPS) is 22.4. The second-order valence-corrected chi connectivity index (χ2v) is 7.65. The van der Waals surface area contributed by atoms with Crippen molar-refractivity contribution in [2.45, 2.75) is 58.7 Å². The van der Waals surface area contributed by atoms with E-state index < -0.39 is 0 Å². The number of hydrogen-bond acceptors (Lipinski definition) is 5. The lowest BCUT2D eigenvalue weighted by Gasteiger charge is -2.37. The van der Waals surface area contributed by atoms with Gasteiger partial charge in [0, 0.05) is 54.6 Å². The molecule has 6 heteroatoms. The van der Waals surface area contributed by atoms with Gasteiger partial charge in [-0.2, -0.15) is 0 Å². The van der Waals surface area contributed by atoms with E-state index >= 15 is 0 Å². The Labute approximate surface area is 159 Å². The molecule has 0 bridgehead atoms. The summed E-state index contributed by atoms with van der Waals surface area (Å²) >= 11 is 0. The van der Waals surface area contributed by atoms with Gasteiger partial charge in [0.1, 0.15) is 17.7 Å². The van der Waals surface area contributed by atoms with E-state index in [9.17, 15) is 4.39 Å². The first kappa shape index (κ1) is 18.2. The van der Waals surface area contributed by atoms with E-state index in [-0.39, 0.29) is 11.9 Å². The first-order chi connectivity index (χ1) is 13.0. The van der Waals surface area contributed by atoms with E-state index in [2.05, 4.69) is 21.8 Å². The molecule has 0 radical (unpaired) electrons. The second-order valence-electron chi connectivity index (χ2n) is 7.65. The number of piperidine rings is 1. The number of aryl methyl sites for hydroxylation is 2. The van der Waals surface area contributed by atoms with Crippen LogP contribution < -0.4 is 9.47 Å². The number of fused-ring (bicyclic) bond motifs is 1. The highest BCUT2D eigenvalue weighted by molar-refractivity contribution is 5.32. The van der Waals surface area contributed by atoms with Gasteiger partial charge in [-0.25, -0.2) is 9.37 Å². The third kappa shape index (κ3) is 4.05. The fourth-order valence-electron chi connectivity index (χ4n) is 3.99. The van der Waals surface area contributed by atoms with Crippen LogP contribution in [0.3, 0.4) is 0 Å². The van der Waals surface area contributed by atoms with Crippen LogP contribution in [0.2, 0.25) is 0 Å². The van der Waals surface area contributed by atoms with E-state index in [1.54, 1.807) is 6.07 Å². The van der Waals surface area contributed by atoms with Crippen molar-refractivity contribution >= 4 is 0 Å². The van der Waals surface area contributed by atoms with Crippen molar-refractivity contribution in [1.82, 2.24) is 14.9 Å². The molecule has 1 saturated heterocycles. The van der Waals surface area contributed by atoms with E-state index in [0.29, 0.717) is 30.8 Å². The molecule has 2 aromatic heterocycles. The minimum Gasteiger partial charge on any atom is -0.490 e. The highest BCUT2D eigenvalue weighted by Crippen LogP contribution is 2.28. The summed E-state index contributed by atoms with van der Waals surface area (Å²) in [6.45, 7) is 8.08. The van der Waals surface area contributed by atoms with E-state index in [1.165, 1.54) is 0 Å². The number of hydrogen-bond donors (Lipinski definition) is 0. The molecule has 5 nitrogen and oxygen atoms in total. The third-order valence-corrected chi connectivity index (χ3v) is 5.37. The lowest BCUT2D eigenvalue weighted by Crippen LogP contribution is -2.44. The van der Waals surface area contributed by atoms with Gasteiger partial charge in [-0.05, 0) is 39.7 Å². The van der Waals surface area contributed by atoms with Gasteiger partial charge >= 0.3 is 0 Å². The van der Waals surface area contributed by atoms with Crippen molar-refractivity contribution in [3.63, 3.8) is 0 Å². The van der Waals surface area contributed by atoms with Gasteiger partial charge in [-0.3, -0.25) is 9.88 Å². The Balaban J connectivity index is 1.39. The van der Waals surface area contributed by atoms with Crippen LogP contribution >= 0.6 is 0 Å². The van der Waals surface area contributed by atoms with Crippen LogP contribution in [-0.2, 0) is 13.0 Å². The monoisotopic (exact) mass is 371 g/mol. The Morgan fingerprint density at radius 3 is 2.74 bits per heavy atom. The highest BCUT2D eigenvalue weighted by atomic mass is 19.1. The smallest absolute Gasteiger partial charge is 0.217 e. The van der Waals surface area contributed by atoms with Gasteiger partial charge in [0.2, 0.25) is 5.88 Å². The van der Waals surface area contributed by atoms with Crippen molar-refractivity contribution in [2.75, 3.05) is 13.2 Å². The topological polar surface area (TPSA) is 47.5 Å². The lowest BCUT2D eigenvalue weighted by atomic mass is 10.00. The summed E-state index contributed by atoms with van der Waals surface area (Å²) in [7, 11) is 0. The Kier molecular flexibility index (Phi) is 5.00. The van der Waals surface area contributed by atoms with Gasteiger partial charge < -0.3 is 9.47 Å². The molecule has 2 aromatic rings. The third-order valence-electron chi connectivity index (χ3n) is 5.37.